The molecule has 1 aromatic carbocycles. The topological polar surface area (TPSA) is 38.3 Å². The lowest BCUT2D eigenvalue weighted by Crippen LogP contribution is -2.26. The van der Waals surface area contributed by atoms with Gasteiger partial charge in [0.25, 0.3) is 0 Å². The highest BCUT2D eigenvalue weighted by Gasteiger charge is 2.10. The summed E-state index contributed by atoms with van der Waals surface area (Å²) in [6, 6.07) is 7.89. The number of nitrogens with one attached hydrogen (secondary N) is 1. The average molecular weight is 263 g/mol. The smallest absolute Gasteiger partial charge is 0.220 e. The molecule has 0 radical (unpaired) electrons. The maximum absolute atomic E-state index is 11.8. The molecular weight excluding hydrogens is 238 g/mol. The van der Waals surface area contributed by atoms with Crippen molar-refractivity contribution in [2.24, 2.45) is 5.92 Å². The number of benzene rings is 1. The van der Waals surface area contributed by atoms with Gasteiger partial charge in [-0.3, -0.25) is 4.79 Å². The Hall–Kier alpha value is -1.51. The van der Waals surface area contributed by atoms with Gasteiger partial charge in [0.05, 0.1) is 12.6 Å². The summed E-state index contributed by atoms with van der Waals surface area (Å²) in [5.74, 6) is 1.52. The third kappa shape index (κ3) is 5.77. The molecule has 0 saturated heterocycles. The first kappa shape index (κ1) is 15.5. The van der Waals surface area contributed by atoms with Gasteiger partial charge >= 0.3 is 0 Å². The van der Waals surface area contributed by atoms with E-state index in [2.05, 4.69) is 19.2 Å². The van der Waals surface area contributed by atoms with Crippen molar-refractivity contribution in [3.05, 3.63) is 29.8 Å². The Morgan fingerprint density at radius 1 is 1.32 bits per heavy atom. The van der Waals surface area contributed by atoms with E-state index in [0.717, 1.165) is 17.7 Å². The van der Waals surface area contributed by atoms with Crippen LogP contribution in [0.25, 0.3) is 0 Å². The Labute approximate surface area is 116 Å². The number of carbonyl (C=O) groups excluding carboxylic acids is 1. The molecule has 3 nitrogen and oxygen atoms in total. The first-order chi connectivity index (χ1) is 9.02. The fourth-order valence-corrected chi connectivity index (χ4v) is 1.86. The van der Waals surface area contributed by atoms with Crippen LogP contribution in [0.2, 0.25) is 0 Å². The van der Waals surface area contributed by atoms with E-state index in [1.165, 1.54) is 0 Å². The van der Waals surface area contributed by atoms with E-state index in [4.69, 9.17) is 4.74 Å². The Bertz CT molecular complexity index is 401. The molecule has 106 valence electrons. The standard InChI is InChI=1S/C16H25NO2/c1-5-19-15-8-6-7-14(11-15)13(4)17-16(18)10-9-12(2)3/h6-8,11-13H,5,9-10H2,1-4H3,(H,17,18). The van der Waals surface area contributed by atoms with Crippen molar-refractivity contribution in [3.63, 3.8) is 0 Å². The van der Waals surface area contributed by atoms with Crippen molar-refractivity contribution in [2.75, 3.05) is 6.61 Å². The molecule has 1 unspecified atom stereocenters. The van der Waals surface area contributed by atoms with E-state index in [0.29, 0.717) is 18.9 Å². The van der Waals surface area contributed by atoms with E-state index < -0.39 is 0 Å². The molecule has 0 bridgehead atoms. The van der Waals surface area contributed by atoms with Crippen LogP contribution in [0.4, 0.5) is 0 Å². The third-order valence-corrected chi connectivity index (χ3v) is 3.00. The fourth-order valence-electron chi connectivity index (χ4n) is 1.86. The summed E-state index contributed by atoms with van der Waals surface area (Å²) in [6.45, 7) is 8.87. The van der Waals surface area contributed by atoms with Crippen molar-refractivity contribution in [3.8, 4) is 5.75 Å². The van der Waals surface area contributed by atoms with Gasteiger partial charge in [-0.25, -0.2) is 0 Å². The molecule has 0 heterocycles. The predicted molar refractivity (Wildman–Crippen MR) is 78.2 cm³/mol. The van der Waals surface area contributed by atoms with Gasteiger partial charge in [-0.05, 0) is 43.9 Å². The molecule has 0 aliphatic rings. The largest absolute Gasteiger partial charge is 0.494 e. The van der Waals surface area contributed by atoms with Crippen LogP contribution in [0.3, 0.4) is 0 Å². The SMILES string of the molecule is CCOc1cccc(C(C)NC(=O)CCC(C)C)c1. The van der Waals surface area contributed by atoms with Crippen molar-refractivity contribution in [1.29, 1.82) is 0 Å². The van der Waals surface area contributed by atoms with Gasteiger partial charge in [-0.1, -0.05) is 26.0 Å². The van der Waals surface area contributed by atoms with Crippen LogP contribution in [-0.2, 0) is 4.79 Å². The molecule has 1 atom stereocenters. The third-order valence-electron chi connectivity index (χ3n) is 3.00. The summed E-state index contributed by atoms with van der Waals surface area (Å²) in [6.07, 6.45) is 1.52. The molecule has 0 spiro atoms. The van der Waals surface area contributed by atoms with Crippen molar-refractivity contribution in [1.82, 2.24) is 5.32 Å². The van der Waals surface area contributed by atoms with E-state index in [9.17, 15) is 4.79 Å². The van der Waals surface area contributed by atoms with E-state index in [1.807, 2.05) is 38.1 Å². The number of hydrogen-bond donors (Lipinski definition) is 1. The van der Waals surface area contributed by atoms with Crippen LogP contribution in [0.15, 0.2) is 24.3 Å². The minimum atomic E-state index is 0.0140. The van der Waals surface area contributed by atoms with Crippen LogP contribution >= 0.6 is 0 Å². The van der Waals surface area contributed by atoms with Gasteiger partial charge in [0, 0.05) is 6.42 Å². The Morgan fingerprint density at radius 2 is 2.05 bits per heavy atom. The number of amides is 1. The molecule has 0 saturated carbocycles. The molecule has 0 aromatic heterocycles. The molecule has 1 rings (SSSR count). The number of hydrogen-bond acceptors (Lipinski definition) is 2. The van der Waals surface area contributed by atoms with Crippen molar-refractivity contribution < 1.29 is 9.53 Å². The van der Waals surface area contributed by atoms with Crippen LogP contribution in [0.1, 0.15) is 52.1 Å². The van der Waals surface area contributed by atoms with E-state index in [1.54, 1.807) is 0 Å². The molecule has 3 heteroatoms. The quantitative estimate of drug-likeness (QED) is 0.814. The summed E-state index contributed by atoms with van der Waals surface area (Å²) < 4.78 is 5.47. The molecule has 0 fully saturated rings. The highest BCUT2D eigenvalue weighted by molar-refractivity contribution is 5.76. The van der Waals surface area contributed by atoms with Gasteiger partial charge in [0.1, 0.15) is 5.75 Å². The lowest BCUT2D eigenvalue weighted by atomic mass is 10.1. The number of ether oxygens (including phenoxy) is 1. The zero-order valence-electron chi connectivity index (χ0n) is 12.4. The molecule has 1 amide bonds. The van der Waals surface area contributed by atoms with Crippen molar-refractivity contribution >= 4 is 5.91 Å². The lowest BCUT2D eigenvalue weighted by Gasteiger charge is -2.16. The summed E-state index contributed by atoms with van der Waals surface area (Å²) in [4.78, 5) is 11.8. The van der Waals surface area contributed by atoms with E-state index in [-0.39, 0.29) is 11.9 Å². The fraction of sp³-hybridized carbons (Fsp3) is 0.562. The summed E-state index contributed by atoms with van der Waals surface area (Å²) >= 11 is 0. The second-order valence-corrected chi connectivity index (χ2v) is 5.23. The maximum atomic E-state index is 11.8. The molecule has 1 N–H and O–H groups in total. The second-order valence-electron chi connectivity index (χ2n) is 5.23. The van der Waals surface area contributed by atoms with Crippen LogP contribution < -0.4 is 10.1 Å². The summed E-state index contributed by atoms with van der Waals surface area (Å²) in [7, 11) is 0. The summed E-state index contributed by atoms with van der Waals surface area (Å²) in [5, 5.41) is 3.03. The molecule has 19 heavy (non-hydrogen) atoms. The monoisotopic (exact) mass is 263 g/mol. The zero-order chi connectivity index (χ0) is 14.3. The minimum Gasteiger partial charge on any atom is -0.494 e. The minimum absolute atomic E-state index is 0.0140. The molecule has 0 aliphatic carbocycles. The van der Waals surface area contributed by atoms with Gasteiger partial charge < -0.3 is 10.1 Å². The van der Waals surface area contributed by atoms with Crippen LogP contribution in [0, 0.1) is 5.92 Å². The van der Waals surface area contributed by atoms with Gasteiger partial charge in [-0.15, -0.1) is 0 Å². The second kappa shape index (κ2) is 7.82. The molecule has 0 aliphatic heterocycles. The Balaban J connectivity index is 2.54. The number of rotatable bonds is 7. The highest BCUT2D eigenvalue weighted by atomic mass is 16.5. The predicted octanol–water partition coefficient (Wildman–Crippen LogP) is 3.70. The van der Waals surface area contributed by atoms with Crippen LogP contribution in [-0.4, -0.2) is 12.5 Å². The highest BCUT2D eigenvalue weighted by Crippen LogP contribution is 2.19. The maximum Gasteiger partial charge on any atom is 0.220 e. The Kier molecular flexibility index (Phi) is 6.40. The molecular formula is C16H25NO2. The first-order valence-corrected chi connectivity index (χ1v) is 7.05. The Morgan fingerprint density at radius 3 is 2.68 bits per heavy atom. The zero-order valence-corrected chi connectivity index (χ0v) is 12.4. The van der Waals surface area contributed by atoms with Crippen LogP contribution in [0.5, 0.6) is 5.75 Å². The van der Waals surface area contributed by atoms with Gasteiger partial charge in [0.2, 0.25) is 5.91 Å². The van der Waals surface area contributed by atoms with Gasteiger partial charge in [-0.2, -0.15) is 0 Å². The lowest BCUT2D eigenvalue weighted by molar-refractivity contribution is -0.122. The van der Waals surface area contributed by atoms with Crippen molar-refractivity contribution in [2.45, 2.75) is 46.6 Å². The average Bonchev–Trinajstić information content (AvgIpc) is 2.37. The summed E-state index contributed by atoms with van der Waals surface area (Å²) in [5.41, 5.74) is 1.07. The number of carbonyl (C=O) groups is 1. The van der Waals surface area contributed by atoms with E-state index >= 15 is 0 Å². The normalized spacial score (nSPS) is 12.3. The first-order valence-electron chi connectivity index (χ1n) is 7.05. The van der Waals surface area contributed by atoms with Gasteiger partial charge in [0.15, 0.2) is 0 Å². The molecule has 1 aromatic rings.